The van der Waals surface area contributed by atoms with Crippen LogP contribution >= 0.6 is 0 Å². The first-order chi connectivity index (χ1) is 10.1. The molecule has 22 heavy (non-hydrogen) atoms. The summed E-state index contributed by atoms with van der Waals surface area (Å²) in [6.07, 6.45) is 2.30. The SMILES string of the molecule is Cc1cc(C(C)C)ccc1-c1c[c]([Ge]([CH3])([CH3])[CH3])c(C)c[n+]1C. The average Bonchev–Trinajstić information content (AvgIpc) is 2.37. The van der Waals surface area contributed by atoms with Crippen LogP contribution in [0.1, 0.15) is 36.5 Å². The molecule has 0 N–H and O–H groups in total. The van der Waals surface area contributed by atoms with E-state index in [1.807, 2.05) is 0 Å². The number of benzene rings is 1. The topological polar surface area (TPSA) is 3.88 Å². The molecule has 0 aliphatic rings. The first-order valence-electron chi connectivity index (χ1n) is 8.23. The second kappa shape index (κ2) is 6.19. The van der Waals surface area contributed by atoms with Crippen molar-refractivity contribution in [1.82, 2.24) is 0 Å². The van der Waals surface area contributed by atoms with Crippen molar-refractivity contribution in [1.29, 1.82) is 0 Å². The zero-order valence-electron chi connectivity index (χ0n) is 15.4. The number of nitrogens with zero attached hydrogens (tertiary/aromatic N) is 1. The van der Waals surface area contributed by atoms with Gasteiger partial charge in [-0.2, -0.15) is 0 Å². The van der Waals surface area contributed by atoms with Crippen LogP contribution in [0.4, 0.5) is 0 Å². The number of hydrogen-bond acceptors (Lipinski definition) is 0. The van der Waals surface area contributed by atoms with Gasteiger partial charge in [0.2, 0.25) is 0 Å². The molecule has 0 amide bonds. The minimum atomic E-state index is -1.85. The Morgan fingerprint density at radius 2 is 1.59 bits per heavy atom. The van der Waals surface area contributed by atoms with Crippen molar-refractivity contribution >= 4 is 17.7 Å². The van der Waals surface area contributed by atoms with Crippen molar-refractivity contribution in [3.05, 3.63) is 47.2 Å². The van der Waals surface area contributed by atoms with Crippen LogP contribution in [0.25, 0.3) is 11.3 Å². The summed E-state index contributed by atoms with van der Waals surface area (Å²) in [7, 11) is 2.16. The number of aromatic nitrogens is 1. The van der Waals surface area contributed by atoms with E-state index < -0.39 is 13.3 Å². The molecule has 0 bridgehead atoms. The Labute approximate surface area is 138 Å². The first-order valence-corrected chi connectivity index (χ1v) is 15.6. The van der Waals surface area contributed by atoms with E-state index >= 15 is 0 Å². The fraction of sp³-hybridized carbons (Fsp3) is 0.450. The molecule has 0 fully saturated rings. The van der Waals surface area contributed by atoms with Gasteiger partial charge in [-0.1, -0.05) is 0 Å². The van der Waals surface area contributed by atoms with E-state index in [1.165, 1.54) is 27.9 Å². The van der Waals surface area contributed by atoms with E-state index in [0.717, 1.165) is 0 Å². The maximum atomic E-state index is 2.47. The molecule has 0 aliphatic heterocycles. The zero-order valence-corrected chi connectivity index (χ0v) is 17.5. The second-order valence-corrected chi connectivity index (χ2v) is 18.4. The average molecular weight is 357 g/mol. The molecule has 2 rings (SSSR count). The predicted molar refractivity (Wildman–Crippen MR) is 99.6 cm³/mol. The van der Waals surface area contributed by atoms with Crippen LogP contribution in [-0.4, -0.2) is 13.3 Å². The second-order valence-electron chi connectivity index (χ2n) is 7.85. The third-order valence-electron chi connectivity index (χ3n) is 4.47. The fourth-order valence-electron chi connectivity index (χ4n) is 3.19. The van der Waals surface area contributed by atoms with Gasteiger partial charge in [-0.15, -0.1) is 0 Å². The summed E-state index contributed by atoms with van der Waals surface area (Å²) in [6, 6.07) is 9.38. The molecule has 1 nitrogen and oxygen atoms in total. The molecule has 0 aliphatic carbocycles. The standard InChI is InChI=1S/C20H30GeN/c1-14(2)17-9-10-18(15(3)11-17)20-12-19(21(5,6)7)16(4)13-22(20)8/h9-14H,1-8H3/q+1. The number of pyridine rings is 1. The third-order valence-corrected chi connectivity index (χ3v) is 9.00. The molecular weight excluding hydrogens is 327 g/mol. The molecule has 118 valence electrons. The van der Waals surface area contributed by atoms with Gasteiger partial charge in [0.1, 0.15) is 0 Å². The van der Waals surface area contributed by atoms with Gasteiger partial charge >= 0.3 is 139 Å². The molecular formula is C20H30GeN+. The number of rotatable bonds is 3. The third kappa shape index (κ3) is 3.45. The van der Waals surface area contributed by atoms with Crippen molar-refractivity contribution in [2.45, 2.75) is 50.9 Å². The molecule has 0 saturated heterocycles. The van der Waals surface area contributed by atoms with E-state index in [9.17, 15) is 0 Å². The Kier molecular flexibility index (Phi) is 4.86. The molecule has 0 saturated carbocycles. The van der Waals surface area contributed by atoms with E-state index in [4.69, 9.17) is 0 Å². The first kappa shape index (κ1) is 17.3. The van der Waals surface area contributed by atoms with E-state index in [1.54, 1.807) is 4.40 Å². The van der Waals surface area contributed by atoms with Crippen molar-refractivity contribution in [3.8, 4) is 11.3 Å². The van der Waals surface area contributed by atoms with Crippen LogP contribution in [0.3, 0.4) is 0 Å². The normalized spacial score (nSPS) is 12.0. The summed E-state index contributed by atoms with van der Waals surface area (Å²) < 4.78 is 3.89. The molecule has 0 spiro atoms. The van der Waals surface area contributed by atoms with E-state index in [-0.39, 0.29) is 0 Å². The van der Waals surface area contributed by atoms with Gasteiger partial charge in [0.15, 0.2) is 0 Å². The van der Waals surface area contributed by atoms with Crippen LogP contribution < -0.4 is 8.96 Å². The van der Waals surface area contributed by atoms with Gasteiger partial charge < -0.3 is 0 Å². The van der Waals surface area contributed by atoms with Crippen molar-refractivity contribution in [2.24, 2.45) is 7.05 Å². The van der Waals surface area contributed by atoms with E-state index in [0.29, 0.717) is 5.92 Å². The predicted octanol–water partition coefficient (Wildman–Crippen LogP) is 4.46. The summed E-state index contributed by atoms with van der Waals surface area (Å²) in [5, 5.41) is 0. The van der Waals surface area contributed by atoms with Gasteiger partial charge in [0, 0.05) is 0 Å². The molecule has 2 aromatic rings. The quantitative estimate of drug-likeness (QED) is 0.564. The molecule has 1 aromatic carbocycles. The number of aryl methyl sites for hydroxylation is 3. The van der Waals surface area contributed by atoms with Crippen molar-refractivity contribution in [3.63, 3.8) is 0 Å². The molecule has 1 aromatic heterocycles. The van der Waals surface area contributed by atoms with Crippen molar-refractivity contribution < 1.29 is 4.57 Å². The van der Waals surface area contributed by atoms with Gasteiger partial charge in [0.25, 0.3) is 0 Å². The summed E-state index contributed by atoms with van der Waals surface area (Å²) in [5.74, 6) is 8.00. The monoisotopic (exact) mass is 358 g/mol. The molecule has 0 unspecified atom stereocenters. The van der Waals surface area contributed by atoms with Crippen LogP contribution in [-0.2, 0) is 7.05 Å². The number of hydrogen-bond donors (Lipinski definition) is 0. The van der Waals surface area contributed by atoms with Gasteiger partial charge in [-0.25, -0.2) is 0 Å². The van der Waals surface area contributed by atoms with Crippen LogP contribution in [0, 0.1) is 13.8 Å². The van der Waals surface area contributed by atoms with E-state index in [2.05, 4.69) is 87.0 Å². The Morgan fingerprint density at radius 3 is 2.09 bits per heavy atom. The zero-order chi connectivity index (χ0) is 16.7. The molecule has 2 heteroatoms. The summed E-state index contributed by atoms with van der Waals surface area (Å²) in [4.78, 5) is 0. The minimum absolute atomic E-state index is 0.583. The van der Waals surface area contributed by atoms with Gasteiger partial charge in [-0.05, 0) is 0 Å². The van der Waals surface area contributed by atoms with Crippen LogP contribution in [0.5, 0.6) is 0 Å². The van der Waals surface area contributed by atoms with Gasteiger partial charge in [-0.3, -0.25) is 0 Å². The molecule has 0 radical (unpaired) electrons. The van der Waals surface area contributed by atoms with Crippen molar-refractivity contribution in [2.75, 3.05) is 0 Å². The Hall–Kier alpha value is -1.09. The Bertz CT molecular complexity index is 694. The molecule has 0 atom stereocenters. The van der Waals surface area contributed by atoms with Gasteiger partial charge in [0.05, 0.1) is 0 Å². The Balaban J connectivity index is 2.63. The maximum absolute atomic E-state index is 2.47. The Morgan fingerprint density at radius 1 is 0.955 bits per heavy atom. The summed E-state index contributed by atoms with van der Waals surface area (Å²) in [5.41, 5.74) is 6.94. The summed E-state index contributed by atoms with van der Waals surface area (Å²) in [6.45, 7) is 9.00. The fourth-order valence-corrected chi connectivity index (χ4v) is 7.00. The summed E-state index contributed by atoms with van der Waals surface area (Å²) >= 11 is -1.85. The van der Waals surface area contributed by atoms with Crippen LogP contribution in [0.2, 0.25) is 17.3 Å². The van der Waals surface area contributed by atoms with Crippen LogP contribution in [0.15, 0.2) is 30.5 Å². The molecule has 1 heterocycles.